The zero-order chi connectivity index (χ0) is 25.7. The number of nitrogens with one attached hydrogen (secondary N) is 3. The van der Waals surface area contributed by atoms with Gasteiger partial charge in [0.05, 0.1) is 5.56 Å². The minimum atomic E-state index is -4.54. The van der Waals surface area contributed by atoms with E-state index in [2.05, 4.69) is 30.9 Å². The van der Waals surface area contributed by atoms with Gasteiger partial charge in [-0.25, -0.2) is 0 Å². The number of hydrogen-bond acceptors (Lipinski definition) is 6. The first-order chi connectivity index (χ1) is 17.2. The first kappa shape index (κ1) is 25.7. The molecule has 2 aromatic carbocycles. The maximum Gasteiger partial charge on any atom is 0.416 e. The molecule has 0 aliphatic heterocycles. The number of hydrogen-bond donors (Lipinski definition) is 3. The summed E-state index contributed by atoms with van der Waals surface area (Å²) in [5, 5.41) is 8.95. The molecule has 1 fully saturated rings. The van der Waals surface area contributed by atoms with Gasteiger partial charge < -0.3 is 16.0 Å². The average Bonchev–Trinajstić information content (AvgIpc) is 2.88. The van der Waals surface area contributed by atoms with Gasteiger partial charge in [0.25, 0.3) is 0 Å². The molecule has 1 aromatic heterocycles. The van der Waals surface area contributed by atoms with E-state index in [0.29, 0.717) is 43.4 Å². The summed E-state index contributed by atoms with van der Waals surface area (Å²) < 4.78 is 39.9. The normalized spacial score (nSPS) is 17.9. The molecule has 0 spiro atoms. The van der Waals surface area contributed by atoms with Gasteiger partial charge in [-0.2, -0.15) is 28.1 Å². The smallest absolute Gasteiger partial charge is 0.357 e. The second-order valence-electron chi connectivity index (χ2n) is 8.63. The molecule has 1 aliphatic rings. The standard InChI is InChI=1S/C25H26ClF3N6O/c1-30-23-33-21(15-5-3-2-4-6-15)34-24(35-23)32-19-11-8-16(9-12-19)22(36)31-14-17-7-10-18(26)13-20(17)25(27,28)29/h2-7,10,13,16,19H,8-9,11-12,14H2,1H3,(H,31,36)(H2,30,32,33,34,35)/t16-,19-. The van der Waals surface area contributed by atoms with Crippen molar-refractivity contribution in [2.24, 2.45) is 5.92 Å². The predicted octanol–water partition coefficient (Wildman–Crippen LogP) is 5.54. The van der Waals surface area contributed by atoms with E-state index in [4.69, 9.17) is 11.6 Å². The molecule has 3 N–H and O–H groups in total. The molecule has 0 unspecified atom stereocenters. The molecule has 190 valence electrons. The highest BCUT2D eigenvalue weighted by atomic mass is 35.5. The fraction of sp³-hybridized carbons (Fsp3) is 0.360. The molecule has 0 saturated heterocycles. The van der Waals surface area contributed by atoms with Crippen LogP contribution in [0.25, 0.3) is 11.4 Å². The molecular weight excluding hydrogens is 493 g/mol. The number of amides is 1. The van der Waals surface area contributed by atoms with Crippen LogP contribution in [0.3, 0.4) is 0 Å². The van der Waals surface area contributed by atoms with Crippen molar-refractivity contribution in [2.75, 3.05) is 17.7 Å². The third-order valence-corrected chi connectivity index (χ3v) is 6.39. The molecule has 3 aromatic rings. The lowest BCUT2D eigenvalue weighted by Gasteiger charge is -2.28. The largest absolute Gasteiger partial charge is 0.416 e. The fourth-order valence-corrected chi connectivity index (χ4v) is 4.42. The Kier molecular flexibility index (Phi) is 7.93. The molecule has 0 bridgehead atoms. The second-order valence-corrected chi connectivity index (χ2v) is 9.07. The second kappa shape index (κ2) is 11.1. The molecule has 1 aliphatic carbocycles. The number of carbonyl (C=O) groups is 1. The Morgan fingerprint density at radius 3 is 2.36 bits per heavy atom. The van der Waals surface area contributed by atoms with Crippen LogP contribution in [0.15, 0.2) is 48.5 Å². The summed E-state index contributed by atoms with van der Waals surface area (Å²) in [5.74, 6) is 0.922. The SMILES string of the molecule is CNc1nc(N[C@H]2CC[C@H](C(=O)NCc3ccc(Cl)cc3C(F)(F)F)CC2)nc(-c2ccccc2)n1. The molecule has 1 saturated carbocycles. The minimum absolute atomic E-state index is 0.000807. The molecule has 0 radical (unpaired) electrons. The number of halogens is 4. The Balaban J connectivity index is 1.34. The molecule has 1 amide bonds. The van der Waals surface area contributed by atoms with Crippen LogP contribution in [0.5, 0.6) is 0 Å². The fourth-order valence-electron chi connectivity index (χ4n) is 4.24. The van der Waals surface area contributed by atoms with Crippen LogP contribution in [0.1, 0.15) is 36.8 Å². The van der Waals surface area contributed by atoms with Crippen molar-refractivity contribution in [3.05, 3.63) is 64.7 Å². The van der Waals surface area contributed by atoms with Crippen molar-refractivity contribution >= 4 is 29.4 Å². The molecule has 7 nitrogen and oxygen atoms in total. The van der Waals surface area contributed by atoms with Gasteiger partial charge in [-0.1, -0.05) is 48.0 Å². The predicted molar refractivity (Wildman–Crippen MR) is 132 cm³/mol. The van der Waals surface area contributed by atoms with E-state index >= 15 is 0 Å². The van der Waals surface area contributed by atoms with E-state index in [-0.39, 0.29) is 35.0 Å². The van der Waals surface area contributed by atoms with Crippen LogP contribution in [0, 0.1) is 5.92 Å². The number of nitrogens with zero attached hydrogens (tertiary/aromatic N) is 3. The summed E-state index contributed by atoms with van der Waals surface area (Å²) in [4.78, 5) is 26.0. The topological polar surface area (TPSA) is 91.8 Å². The van der Waals surface area contributed by atoms with Gasteiger partial charge in [0.1, 0.15) is 0 Å². The number of anilines is 2. The van der Waals surface area contributed by atoms with Gasteiger partial charge in [-0.15, -0.1) is 0 Å². The molecule has 1 heterocycles. The number of carbonyl (C=O) groups excluding carboxylic acids is 1. The van der Waals surface area contributed by atoms with Crippen LogP contribution in [0.4, 0.5) is 25.1 Å². The highest BCUT2D eigenvalue weighted by Crippen LogP contribution is 2.34. The minimum Gasteiger partial charge on any atom is -0.357 e. The number of alkyl halides is 3. The highest BCUT2D eigenvalue weighted by Gasteiger charge is 2.34. The van der Waals surface area contributed by atoms with Crippen molar-refractivity contribution in [3.8, 4) is 11.4 Å². The summed E-state index contributed by atoms with van der Waals surface area (Å²) in [5.41, 5.74) is 0.0190. The van der Waals surface area contributed by atoms with Crippen LogP contribution in [0.2, 0.25) is 5.02 Å². The first-order valence-corrected chi connectivity index (χ1v) is 12.0. The first-order valence-electron chi connectivity index (χ1n) is 11.6. The Hall–Kier alpha value is -3.40. The lowest BCUT2D eigenvalue weighted by molar-refractivity contribution is -0.138. The van der Waals surface area contributed by atoms with Crippen LogP contribution in [-0.2, 0) is 17.5 Å². The number of benzene rings is 2. The average molecular weight is 519 g/mol. The maximum absolute atomic E-state index is 13.3. The maximum atomic E-state index is 13.3. The van der Waals surface area contributed by atoms with Crippen molar-refractivity contribution in [1.82, 2.24) is 20.3 Å². The van der Waals surface area contributed by atoms with Gasteiger partial charge in [0.2, 0.25) is 17.8 Å². The third-order valence-electron chi connectivity index (χ3n) is 6.15. The van der Waals surface area contributed by atoms with Crippen LogP contribution in [-0.4, -0.2) is 33.9 Å². The van der Waals surface area contributed by atoms with Crippen LogP contribution < -0.4 is 16.0 Å². The summed E-state index contributed by atoms with van der Waals surface area (Å²) >= 11 is 5.73. The Morgan fingerprint density at radius 1 is 1.00 bits per heavy atom. The highest BCUT2D eigenvalue weighted by molar-refractivity contribution is 6.30. The van der Waals surface area contributed by atoms with E-state index in [1.807, 2.05) is 30.3 Å². The van der Waals surface area contributed by atoms with Gasteiger partial charge in [-0.3, -0.25) is 4.79 Å². The van der Waals surface area contributed by atoms with E-state index in [9.17, 15) is 18.0 Å². The van der Waals surface area contributed by atoms with E-state index in [0.717, 1.165) is 11.6 Å². The van der Waals surface area contributed by atoms with E-state index in [1.54, 1.807) is 7.05 Å². The molecule has 11 heteroatoms. The molecule has 0 atom stereocenters. The summed E-state index contributed by atoms with van der Waals surface area (Å²) in [7, 11) is 1.74. The Bertz CT molecular complexity index is 1200. The zero-order valence-corrected chi connectivity index (χ0v) is 20.3. The molecular formula is C25H26ClF3N6O. The quantitative estimate of drug-likeness (QED) is 0.380. The lowest BCUT2D eigenvalue weighted by atomic mass is 9.85. The zero-order valence-electron chi connectivity index (χ0n) is 19.6. The lowest BCUT2D eigenvalue weighted by Crippen LogP contribution is -2.36. The van der Waals surface area contributed by atoms with Crippen LogP contribution >= 0.6 is 11.6 Å². The third kappa shape index (κ3) is 6.42. The van der Waals surface area contributed by atoms with Crippen molar-refractivity contribution in [3.63, 3.8) is 0 Å². The van der Waals surface area contributed by atoms with E-state index in [1.165, 1.54) is 12.1 Å². The Morgan fingerprint density at radius 2 is 1.69 bits per heavy atom. The monoisotopic (exact) mass is 518 g/mol. The van der Waals surface area contributed by atoms with Gasteiger partial charge in [0, 0.05) is 36.1 Å². The summed E-state index contributed by atoms with van der Waals surface area (Å²) in [6.45, 7) is -0.205. The summed E-state index contributed by atoms with van der Waals surface area (Å²) in [6.07, 6.45) is -1.93. The molecule has 4 rings (SSSR count). The molecule has 36 heavy (non-hydrogen) atoms. The van der Waals surface area contributed by atoms with Crippen molar-refractivity contribution in [2.45, 2.75) is 44.4 Å². The van der Waals surface area contributed by atoms with Gasteiger partial charge in [-0.05, 0) is 43.4 Å². The van der Waals surface area contributed by atoms with Crippen molar-refractivity contribution in [1.29, 1.82) is 0 Å². The van der Waals surface area contributed by atoms with E-state index < -0.39 is 11.7 Å². The van der Waals surface area contributed by atoms with Gasteiger partial charge >= 0.3 is 6.18 Å². The number of rotatable bonds is 7. The van der Waals surface area contributed by atoms with Gasteiger partial charge in [0.15, 0.2) is 5.82 Å². The summed E-state index contributed by atoms with van der Waals surface area (Å²) in [6, 6.07) is 13.2. The number of aromatic nitrogens is 3. The van der Waals surface area contributed by atoms with Crippen molar-refractivity contribution < 1.29 is 18.0 Å². The Labute approximate surface area is 211 Å².